The fourth-order valence-corrected chi connectivity index (χ4v) is 5.23. The molecule has 0 saturated heterocycles. The first-order valence-corrected chi connectivity index (χ1v) is 13.2. The van der Waals surface area contributed by atoms with Crippen molar-refractivity contribution in [1.29, 1.82) is 0 Å². The number of carbonyl (C=O) groups is 1. The molecule has 1 N–H and O–H groups in total. The fraction of sp³-hybridized carbons (Fsp3) is 0.276. The van der Waals surface area contributed by atoms with Gasteiger partial charge in [-0.1, -0.05) is 28.6 Å². The molecule has 0 spiro atoms. The van der Waals surface area contributed by atoms with Crippen LogP contribution >= 0.6 is 11.3 Å². The number of aromatic nitrogens is 1. The zero-order valence-corrected chi connectivity index (χ0v) is 23.6. The number of ether oxygens (including phenoxy) is 5. The van der Waals surface area contributed by atoms with Gasteiger partial charge >= 0.3 is 0 Å². The highest BCUT2D eigenvalue weighted by Crippen LogP contribution is 2.41. The summed E-state index contributed by atoms with van der Waals surface area (Å²) in [5, 5.41) is 7.64. The Hall–Kier alpha value is -4.51. The fourth-order valence-electron chi connectivity index (χ4n) is 4.37. The largest absolute Gasteiger partial charge is 0.493 e. The van der Waals surface area contributed by atoms with Gasteiger partial charge in [0.2, 0.25) is 5.75 Å². The number of nitrogens with one attached hydrogen (secondary N) is 1. The van der Waals surface area contributed by atoms with Gasteiger partial charge in [-0.05, 0) is 54.4 Å². The summed E-state index contributed by atoms with van der Waals surface area (Å²) in [6.07, 6.45) is 0.143. The van der Waals surface area contributed by atoms with Crippen LogP contribution in [0.5, 0.6) is 28.7 Å². The average molecular weight is 564 g/mol. The molecule has 1 atom stereocenters. The van der Waals surface area contributed by atoms with Crippen LogP contribution in [0.15, 0.2) is 53.7 Å². The molecule has 11 heteroatoms. The summed E-state index contributed by atoms with van der Waals surface area (Å²) in [4.78, 5) is 22.9. The second-order valence-corrected chi connectivity index (χ2v) is 10.0. The van der Waals surface area contributed by atoms with E-state index in [-0.39, 0.29) is 18.6 Å². The predicted molar refractivity (Wildman–Crippen MR) is 153 cm³/mol. The van der Waals surface area contributed by atoms with Crippen LogP contribution in [0.1, 0.15) is 29.2 Å². The summed E-state index contributed by atoms with van der Waals surface area (Å²) >= 11 is 1.41. The molecule has 1 aromatic heterocycles. The molecule has 1 aliphatic heterocycles. The minimum absolute atomic E-state index is 0.215. The molecule has 0 saturated carbocycles. The maximum atomic E-state index is 12.6. The molecular formula is C29H29N3O7S. The van der Waals surface area contributed by atoms with E-state index in [9.17, 15) is 4.79 Å². The normalized spacial score (nSPS) is 14.3. The number of hydrogen-bond donors (Lipinski definition) is 1. The summed E-state index contributed by atoms with van der Waals surface area (Å²) in [6.45, 7) is 1.79. The third-order valence-electron chi connectivity index (χ3n) is 6.37. The van der Waals surface area contributed by atoms with Gasteiger partial charge in [0.1, 0.15) is 0 Å². The zero-order chi connectivity index (χ0) is 28.2. The highest BCUT2D eigenvalue weighted by atomic mass is 32.1. The lowest BCUT2D eigenvalue weighted by Gasteiger charge is -2.15. The number of nitrogens with zero attached hydrogens (tertiary/aromatic N) is 2. The van der Waals surface area contributed by atoms with Crippen molar-refractivity contribution >= 4 is 38.3 Å². The molecule has 40 heavy (non-hydrogen) atoms. The van der Waals surface area contributed by atoms with Crippen molar-refractivity contribution in [1.82, 2.24) is 4.98 Å². The topological polar surface area (TPSA) is 110 Å². The monoisotopic (exact) mass is 563 g/mol. The first kappa shape index (κ1) is 27.1. The molecule has 2 heterocycles. The van der Waals surface area contributed by atoms with Gasteiger partial charge in [-0.25, -0.2) is 4.98 Å². The smallest absolute Gasteiger partial charge is 0.264 e. The van der Waals surface area contributed by atoms with Crippen LogP contribution in [-0.2, 0) is 9.63 Å². The number of aryl methyl sites for hydroxylation is 1. The Bertz CT molecular complexity index is 1560. The Kier molecular flexibility index (Phi) is 7.92. The Balaban J connectivity index is 1.26. The van der Waals surface area contributed by atoms with Crippen LogP contribution in [0.3, 0.4) is 0 Å². The Morgan fingerprint density at radius 3 is 2.40 bits per heavy atom. The molecule has 5 rings (SSSR count). The molecule has 3 aromatic carbocycles. The van der Waals surface area contributed by atoms with Gasteiger partial charge in [0.05, 0.1) is 44.4 Å². The van der Waals surface area contributed by atoms with Crippen molar-refractivity contribution in [2.75, 3.05) is 40.4 Å². The first-order valence-electron chi connectivity index (χ1n) is 12.4. The molecule has 0 fully saturated rings. The van der Waals surface area contributed by atoms with Gasteiger partial charge in [-0.3, -0.25) is 10.1 Å². The van der Waals surface area contributed by atoms with Crippen molar-refractivity contribution in [3.8, 4) is 28.7 Å². The van der Waals surface area contributed by atoms with Crippen molar-refractivity contribution in [3.63, 3.8) is 0 Å². The number of hydrogen-bond acceptors (Lipinski definition) is 10. The summed E-state index contributed by atoms with van der Waals surface area (Å²) in [7, 11) is 6.23. The summed E-state index contributed by atoms with van der Waals surface area (Å²) < 4.78 is 28.7. The highest BCUT2D eigenvalue weighted by molar-refractivity contribution is 7.22. The number of rotatable bonds is 10. The average Bonchev–Trinajstić information content (AvgIpc) is 3.62. The number of carbonyl (C=O) groups excluding carboxylic acids is 1. The van der Waals surface area contributed by atoms with Crippen molar-refractivity contribution < 1.29 is 33.3 Å². The molecule has 4 aromatic rings. The summed E-state index contributed by atoms with van der Waals surface area (Å²) in [5.41, 5.74) is 4.30. The Labute approximate surface area is 235 Å². The first-order chi connectivity index (χ1) is 19.4. The van der Waals surface area contributed by atoms with E-state index in [0.29, 0.717) is 40.3 Å². The van der Waals surface area contributed by atoms with Crippen molar-refractivity contribution in [2.45, 2.75) is 19.4 Å². The third kappa shape index (κ3) is 5.59. The summed E-state index contributed by atoms with van der Waals surface area (Å²) in [5.74, 6) is 2.15. The summed E-state index contributed by atoms with van der Waals surface area (Å²) in [6, 6.07) is 15.1. The van der Waals surface area contributed by atoms with E-state index < -0.39 is 0 Å². The van der Waals surface area contributed by atoms with Crippen LogP contribution in [-0.4, -0.2) is 51.6 Å². The number of anilines is 1. The molecule has 0 aliphatic carbocycles. The van der Waals surface area contributed by atoms with Crippen LogP contribution in [0, 0.1) is 6.92 Å². The van der Waals surface area contributed by atoms with Crippen molar-refractivity contribution in [2.24, 2.45) is 5.16 Å². The van der Waals surface area contributed by atoms with Crippen LogP contribution in [0.2, 0.25) is 0 Å². The van der Waals surface area contributed by atoms with Crippen LogP contribution in [0.4, 0.5) is 5.13 Å². The minimum Gasteiger partial charge on any atom is -0.493 e. The lowest BCUT2D eigenvalue weighted by molar-refractivity contribution is -0.118. The van der Waals surface area contributed by atoms with E-state index in [1.165, 1.54) is 11.3 Å². The number of fused-ring (bicyclic) bond motifs is 1. The highest BCUT2D eigenvalue weighted by Gasteiger charge is 2.27. The molecule has 0 radical (unpaired) electrons. The van der Waals surface area contributed by atoms with E-state index in [1.54, 1.807) is 40.6 Å². The predicted octanol–water partition coefficient (Wildman–Crippen LogP) is 5.52. The van der Waals surface area contributed by atoms with E-state index in [4.69, 9.17) is 28.5 Å². The lowest BCUT2D eigenvalue weighted by Crippen LogP contribution is -2.20. The van der Waals surface area contributed by atoms with Crippen molar-refractivity contribution in [3.05, 3.63) is 65.2 Å². The van der Waals surface area contributed by atoms with E-state index >= 15 is 0 Å². The van der Waals surface area contributed by atoms with Crippen LogP contribution in [0.25, 0.3) is 10.2 Å². The molecule has 1 aliphatic rings. The molecule has 0 bridgehead atoms. The van der Waals surface area contributed by atoms with Gasteiger partial charge in [0.15, 0.2) is 40.8 Å². The van der Waals surface area contributed by atoms with Gasteiger partial charge in [0.25, 0.3) is 5.91 Å². The zero-order valence-electron chi connectivity index (χ0n) is 22.8. The number of methoxy groups -OCH3 is 4. The van der Waals surface area contributed by atoms with Gasteiger partial charge in [-0.2, -0.15) is 0 Å². The maximum absolute atomic E-state index is 12.6. The molecule has 1 unspecified atom stereocenters. The molecule has 10 nitrogen and oxygen atoms in total. The molecule has 1 amide bonds. The molecule has 208 valence electrons. The van der Waals surface area contributed by atoms with Gasteiger partial charge in [0, 0.05) is 12.0 Å². The number of benzene rings is 3. The second-order valence-electron chi connectivity index (χ2n) is 8.99. The van der Waals surface area contributed by atoms with E-state index in [2.05, 4.69) is 15.5 Å². The number of thiazole rings is 1. The molecular weight excluding hydrogens is 534 g/mol. The third-order valence-corrected chi connectivity index (χ3v) is 7.33. The van der Waals surface area contributed by atoms with E-state index in [0.717, 1.165) is 32.6 Å². The van der Waals surface area contributed by atoms with Gasteiger partial charge in [-0.15, -0.1) is 0 Å². The Morgan fingerprint density at radius 1 is 0.950 bits per heavy atom. The lowest BCUT2D eigenvalue weighted by atomic mass is 9.99. The quantitative estimate of drug-likeness (QED) is 0.269. The Morgan fingerprint density at radius 2 is 1.70 bits per heavy atom. The minimum atomic E-state index is -0.359. The van der Waals surface area contributed by atoms with Gasteiger partial charge < -0.3 is 28.5 Å². The van der Waals surface area contributed by atoms with Crippen LogP contribution < -0.4 is 29.0 Å². The number of amides is 1. The number of oxime groups is 1. The van der Waals surface area contributed by atoms with E-state index in [1.807, 2.05) is 43.3 Å². The maximum Gasteiger partial charge on any atom is 0.264 e. The SMILES string of the molecule is COc1ccc(C2CC(c3cc(OC)c(OC)c(OC)c3)=NO2)cc1OCC(=O)Nc1nc2cc(C)ccc2s1. The second kappa shape index (κ2) is 11.7. The standard InChI is InChI=1S/C29H29N3O7S/c1-16-6-9-26-20(10-16)30-29(40-26)31-27(33)15-38-23-11-17(7-8-21(23)34-2)22-14-19(32-39-22)18-12-24(35-3)28(37-5)25(13-18)36-4/h6-13,22H,14-15H2,1-5H3,(H,30,31,33).